The van der Waals surface area contributed by atoms with Crippen molar-refractivity contribution in [3.8, 4) is 0 Å². The molecule has 1 rings (SSSR count). The number of hydrogen-bond acceptors (Lipinski definition) is 4. The second kappa shape index (κ2) is 7.48. The summed E-state index contributed by atoms with van der Waals surface area (Å²) in [6.07, 6.45) is 0. The fourth-order valence-corrected chi connectivity index (χ4v) is 1.96. The predicted molar refractivity (Wildman–Crippen MR) is 61.9 cm³/mol. The van der Waals surface area contributed by atoms with E-state index in [1.807, 2.05) is 0 Å². The van der Waals surface area contributed by atoms with Gasteiger partial charge in [-0.05, 0) is 32.9 Å². The summed E-state index contributed by atoms with van der Waals surface area (Å²) in [7, 11) is 0. The van der Waals surface area contributed by atoms with Gasteiger partial charge in [-0.25, -0.2) is 0 Å². The van der Waals surface area contributed by atoms with E-state index in [1.54, 1.807) is 0 Å². The summed E-state index contributed by atoms with van der Waals surface area (Å²) in [6.45, 7) is 10.3. The first-order chi connectivity index (χ1) is 8.29. The van der Waals surface area contributed by atoms with Crippen LogP contribution in [0.1, 0.15) is 20.8 Å². The molecule has 0 unspecified atom stereocenters. The first kappa shape index (κ1) is 17.1. The fraction of sp³-hybridized carbons (Fsp3) is 0.500. The maximum atomic E-state index is 8.58. The van der Waals surface area contributed by atoms with Gasteiger partial charge in [0.2, 0.25) is 0 Å². The Balaban J connectivity index is 0.000000494. The summed E-state index contributed by atoms with van der Waals surface area (Å²) in [4.78, 5) is 0. The van der Waals surface area contributed by atoms with Gasteiger partial charge in [0.15, 0.2) is 0 Å². The van der Waals surface area contributed by atoms with Crippen molar-refractivity contribution in [3.63, 3.8) is 0 Å². The minimum absolute atomic E-state index is 1.10. The van der Waals surface area contributed by atoms with Crippen molar-refractivity contribution in [1.82, 2.24) is 4.48 Å². The molecule has 0 saturated carbocycles. The van der Waals surface area contributed by atoms with Crippen LogP contribution in [0.15, 0.2) is 30.3 Å². The van der Waals surface area contributed by atoms with E-state index >= 15 is 0 Å². The van der Waals surface area contributed by atoms with Crippen LogP contribution < -0.4 is 8.67 Å². The van der Waals surface area contributed by atoms with E-state index < -0.39 is 13.0 Å². The van der Waals surface area contributed by atoms with Crippen LogP contribution in [-0.4, -0.2) is 19.6 Å². The van der Waals surface area contributed by atoms with Gasteiger partial charge in [-0.2, -0.15) is 0 Å². The van der Waals surface area contributed by atoms with Crippen LogP contribution in [0.5, 0.6) is 0 Å². The van der Waals surface area contributed by atoms with Crippen molar-refractivity contribution in [2.75, 3.05) is 19.6 Å². The molecule has 1 aromatic rings. The number of nitrogens with zero attached hydrogens (tertiary/aromatic N) is 1. The third kappa shape index (κ3) is 6.12. The van der Waals surface area contributed by atoms with Crippen LogP contribution in [0, 0.1) is 0 Å². The molecular weight excluding hydrogens is 277 g/mol. The molecule has 0 radical (unpaired) electrons. The Morgan fingerprint density at radius 1 is 0.944 bits per heavy atom. The monoisotopic (exact) mass is 297 g/mol. The molecule has 0 N–H and O–H groups in total. The van der Waals surface area contributed by atoms with E-state index in [0.717, 1.165) is 4.48 Å². The first-order valence-corrected chi connectivity index (χ1v) is 7.75. The molecule has 0 spiro atoms. The Labute approximate surface area is 110 Å². The molecule has 0 saturated heterocycles. The molecule has 0 bridgehead atoms. The Kier molecular flexibility index (Phi) is 7.09. The van der Waals surface area contributed by atoms with Crippen LogP contribution in [-0.2, 0) is 24.5 Å². The van der Waals surface area contributed by atoms with Crippen LogP contribution >= 0.6 is 0 Å². The molecule has 0 heterocycles. The Morgan fingerprint density at radius 3 is 1.56 bits per heavy atom. The predicted octanol–water partition coefficient (Wildman–Crippen LogP) is 1.51. The molecule has 0 atom stereocenters. The summed E-state index contributed by atoms with van der Waals surface area (Å²) in [6, 6.07) is 10.8. The zero-order valence-corrected chi connectivity index (χ0v) is 12.1. The van der Waals surface area contributed by atoms with Crippen molar-refractivity contribution in [2.45, 2.75) is 20.8 Å². The SMILES string of the molecule is CC[N+](CC)(CC)c1ccccc1.[O]=[Mn](=[O])(=[O])[O-]. The molecule has 0 aliphatic carbocycles. The summed E-state index contributed by atoms with van der Waals surface area (Å²) in [5, 5.41) is 0. The van der Waals surface area contributed by atoms with Gasteiger partial charge < -0.3 is 0 Å². The van der Waals surface area contributed by atoms with Crippen molar-refractivity contribution < 1.29 is 28.7 Å². The number of rotatable bonds is 4. The van der Waals surface area contributed by atoms with Gasteiger partial charge in [0, 0.05) is 0 Å². The third-order valence-corrected chi connectivity index (χ3v) is 3.12. The average Bonchev–Trinajstić information content (AvgIpc) is 2.31. The van der Waals surface area contributed by atoms with E-state index in [-0.39, 0.29) is 0 Å². The van der Waals surface area contributed by atoms with Gasteiger partial charge in [0.25, 0.3) is 0 Å². The normalized spacial score (nSPS) is 11.6. The first-order valence-electron chi connectivity index (χ1n) is 5.82. The van der Waals surface area contributed by atoms with Crippen molar-refractivity contribution in [2.24, 2.45) is 0 Å². The van der Waals surface area contributed by atoms with Crippen molar-refractivity contribution in [3.05, 3.63) is 30.3 Å². The zero-order chi connectivity index (χ0) is 14.2. The van der Waals surface area contributed by atoms with Crippen LogP contribution in [0.3, 0.4) is 0 Å². The van der Waals surface area contributed by atoms with Gasteiger partial charge in [-0.15, -0.1) is 0 Å². The molecule has 5 nitrogen and oxygen atoms in total. The topological polar surface area (TPSA) is 74.3 Å². The van der Waals surface area contributed by atoms with Gasteiger partial charge >= 0.3 is 28.7 Å². The van der Waals surface area contributed by atoms with E-state index in [2.05, 4.69) is 51.1 Å². The summed E-state index contributed by atoms with van der Waals surface area (Å²) in [5.41, 5.74) is 1.44. The summed E-state index contributed by atoms with van der Waals surface area (Å²) < 4.78 is 35.4. The maximum absolute atomic E-state index is 8.58. The van der Waals surface area contributed by atoms with E-state index in [9.17, 15) is 0 Å². The number of para-hydroxylation sites is 1. The molecule has 6 heteroatoms. The number of hydrogen-bond donors (Lipinski definition) is 0. The average molecular weight is 297 g/mol. The molecule has 0 aliphatic heterocycles. The van der Waals surface area contributed by atoms with Crippen LogP contribution in [0.4, 0.5) is 5.69 Å². The molecule has 0 aromatic heterocycles. The Bertz CT molecular complexity index is 465. The molecular formula is C12H20MnNO4. The molecule has 18 heavy (non-hydrogen) atoms. The molecule has 1 aromatic carbocycles. The van der Waals surface area contributed by atoms with Gasteiger partial charge in [0.05, 0.1) is 19.6 Å². The van der Waals surface area contributed by atoms with E-state index in [1.165, 1.54) is 25.3 Å². The summed E-state index contributed by atoms with van der Waals surface area (Å²) >= 11 is -5.62. The molecule has 104 valence electrons. The zero-order valence-electron chi connectivity index (χ0n) is 11.0. The van der Waals surface area contributed by atoms with Crippen molar-refractivity contribution in [1.29, 1.82) is 0 Å². The Hall–Kier alpha value is -0.941. The Morgan fingerprint density at radius 2 is 1.28 bits per heavy atom. The minimum atomic E-state index is -5.62. The second-order valence-electron chi connectivity index (χ2n) is 3.81. The summed E-state index contributed by atoms with van der Waals surface area (Å²) in [5.74, 6) is 0. The fourth-order valence-electron chi connectivity index (χ4n) is 1.96. The van der Waals surface area contributed by atoms with Gasteiger partial charge in [-0.1, -0.05) is 18.2 Å². The van der Waals surface area contributed by atoms with Gasteiger partial charge in [0.1, 0.15) is 5.69 Å². The van der Waals surface area contributed by atoms with E-state index in [4.69, 9.17) is 15.7 Å². The quantitative estimate of drug-likeness (QED) is 0.623. The number of quaternary nitrogens is 1. The molecule has 0 amide bonds. The van der Waals surface area contributed by atoms with Gasteiger partial charge in [-0.3, -0.25) is 4.48 Å². The molecule has 0 aliphatic rings. The molecule has 0 fully saturated rings. The van der Waals surface area contributed by atoms with Crippen LogP contribution in [0.25, 0.3) is 0 Å². The third-order valence-electron chi connectivity index (χ3n) is 3.12. The van der Waals surface area contributed by atoms with Crippen molar-refractivity contribution >= 4 is 5.69 Å². The standard InChI is InChI=1S/C12H20N.Mn.4O/c1-4-13(5-2,6-3)12-10-8-7-9-11-12;;;;;/h7-11H,4-6H2,1-3H3;;;;;/q+1;;;;;-1. The second-order valence-corrected chi connectivity index (χ2v) is 4.99. The van der Waals surface area contributed by atoms with Crippen LogP contribution in [0.2, 0.25) is 0 Å². The van der Waals surface area contributed by atoms with E-state index in [0.29, 0.717) is 0 Å². The number of benzene rings is 1.